The fourth-order valence-corrected chi connectivity index (χ4v) is 2.98. The normalized spacial score (nSPS) is 19.1. The molecule has 3 heteroatoms. The van der Waals surface area contributed by atoms with Gasteiger partial charge in [0, 0.05) is 19.0 Å². The van der Waals surface area contributed by atoms with Crippen LogP contribution in [0.4, 0.5) is 0 Å². The monoisotopic (exact) mass is 273 g/mol. The van der Waals surface area contributed by atoms with E-state index in [0.717, 1.165) is 24.9 Å². The Labute approximate surface area is 121 Å². The van der Waals surface area contributed by atoms with Crippen LogP contribution in [0.3, 0.4) is 0 Å². The van der Waals surface area contributed by atoms with Gasteiger partial charge in [-0.3, -0.25) is 9.59 Å². The molecule has 0 aliphatic carbocycles. The standard InChI is InChI=1S/C17H23NO2/c1-13(19)12-15-10-7-11-18(15)16(20)17(2,3)14-8-5-4-6-9-14/h4-6,8-9,15H,7,10-12H2,1-3H3. The number of amides is 1. The van der Waals surface area contributed by atoms with Crippen molar-refractivity contribution in [3.63, 3.8) is 0 Å². The van der Waals surface area contributed by atoms with Crippen molar-refractivity contribution in [3.8, 4) is 0 Å². The highest BCUT2D eigenvalue weighted by Gasteiger charge is 2.38. The van der Waals surface area contributed by atoms with Crippen LogP contribution in [0.1, 0.15) is 45.6 Å². The minimum atomic E-state index is -0.541. The Kier molecular flexibility index (Phi) is 4.26. The van der Waals surface area contributed by atoms with E-state index >= 15 is 0 Å². The van der Waals surface area contributed by atoms with E-state index in [0.29, 0.717) is 6.42 Å². The molecule has 3 nitrogen and oxygen atoms in total. The van der Waals surface area contributed by atoms with E-state index in [9.17, 15) is 9.59 Å². The number of carbonyl (C=O) groups excluding carboxylic acids is 2. The molecule has 20 heavy (non-hydrogen) atoms. The van der Waals surface area contributed by atoms with E-state index < -0.39 is 5.41 Å². The molecule has 1 atom stereocenters. The minimum Gasteiger partial charge on any atom is -0.339 e. The van der Waals surface area contributed by atoms with Crippen LogP contribution in [0.5, 0.6) is 0 Å². The molecule has 0 radical (unpaired) electrons. The zero-order chi connectivity index (χ0) is 14.8. The molecule has 1 unspecified atom stereocenters. The van der Waals surface area contributed by atoms with Gasteiger partial charge in [-0.05, 0) is 39.2 Å². The van der Waals surface area contributed by atoms with Gasteiger partial charge >= 0.3 is 0 Å². The lowest BCUT2D eigenvalue weighted by Gasteiger charge is -2.33. The van der Waals surface area contributed by atoms with Gasteiger partial charge in [0.15, 0.2) is 0 Å². The van der Waals surface area contributed by atoms with Crippen molar-refractivity contribution in [2.45, 2.75) is 51.5 Å². The van der Waals surface area contributed by atoms with E-state index in [4.69, 9.17) is 0 Å². The first-order chi connectivity index (χ1) is 9.43. The smallest absolute Gasteiger partial charge is 0.232 e. The lowest BCUT2D eigenvalue weighted by atomic mass is 9.83. The Hall–Kier alpha value is -1.64. The second-order valence-corrected chi connectivity index (χ2v) is 6.19. The molecule has 1 saturated heterocycles. The van der Waals surface area contributed by atoms with Gasteiger partial charge in [-0.15, -0.1) is 0 Å². The molecule has 0 N–H and O–H groups in total. The third kappa shape index (κ3) is 2.92. The maximum absolute atomic E-state index is 12.9. The van der Waals surface area contributed by atoms with E-state index in [-0.39, 0.29) is 17.7 Å². The first-order valence-corrected chi connectivity index (χ1v) is 7.29. The van der Waals surface area contributed by atoms with Gasteiger partial charge < -0.3 is 4.90 Å². The van der Waals surface area contributed by atoms with Gasteiger partial charge in [-0.1, -0.05) is 30.3 Å². The molecular weight excluding hydrogens is 250 g/mol. The van der Waals surface area contributed by atoms with Crippen molar-refractivity contribution in [2.75, 3.05) is 6.54 Å². The summed E-state index contributed by atoms with van der Waals surface area (Å²) < 4.78 is 0. The van der Waals surface area contributed by atoms with Crippen molar-refractivity contribution in [1.82, 2.24) is 4.90 Å². The van der Waals surface area contributed by atoms with Crippen LogP contribution in [-0.2, 0) is 15.0 Å². The number of nitrogens with zero attached hydrogens (tertiary/aromatic N) is 1. The molecule has 1 aliphatic rings. The van der Waals surface area contributed by atoms with Crippen LogP contribution >= 0.6 is 0 Å². The van der Waals surface area contributed by atoms with Crippen molar-refractivity contribution >= 4 is 11.7 Å². The van der Waals surface area contributed by atoms with Gasteiger partial charge in [0.2, 0.25) is 5.91 Å². The first kappa shape index (κ1) is 14.8. The summed E-state index contributed by atoms with van der Waals surface area (Å²) in [5, 5.41) is 0. The SMILES string of the molecule is CC(=O)CC1CCCN1C(=O)C(C)(C)c1ccccc1. The molecule has 0 aromatic heterocycles. The van der Waals surface area contributed by atoms with Gasteiger partial charge in [0.05, 0.1) is 5.41 Å². The predicted molar refractivity (Wildman–Crippen MR) is 79.5 cm³/mol. The van der Waals surface area contributed by atoms with Crippen molar-refractivity contribution in [3.05, 3.63) is 35.9 Å². The van der Waals surface area contributed by atoms with Gasteiger partial charge in [-0.25, -0.2) is 0 Å². The predicted octanol–water partition coefficient (Wildman–Crippen LogP) is 2.93. The Balaban J connectivity index is 2.19. The number of likely N-dealkylation sites (tertiary alicyclic amines) is 1. The number of Topliss-reactive ketones (excluding diaryl/α,β-unsaturated/α-hetero) is 1. The largest absolute Gasteiger partial charge is 0.339 e. The van der Waals surface area contributed by atoms with Gasteiger partial charge in [-0.2, -0.15) is 0 Å². The zero-order valence-corrected chi connectivity index (χ0v) is 12.6. The number of ketones is 1. The number of benzene rings is 1. The fraction of sp³-hybridized carbons (Fsp3) is 0.529. The maximum Gasteiger partial charge on any atom is 0.232 e. The van der Waals surface area contributed by atoms with Gasteiger partial charge in [0.1, 0.15) is 5.78 Å². The third-order valence-corrected chi connectivity index (χ3v) is 4.19. The second-order valence-electron chi connectivity index (χ2n) is 6.19. The number of rotatable bonds is 4. The molecule has 1 aromatic carbocycles. The molecule has 2 rings (SSSR count). The lowest BCUT2D eigenvalue weighted by molar-refractivity contribution is -0.137. The molecule has 0 saturated carbocycles. The molecule has 1 heterocycles. The Morgan fingerprint density at radius 1 is 1.25 bits per heavy atom. The van der Waals surface area contributed by atoms with E-state index in [1.54, 1.807) is 6.92 Å². The number of hydrogen-bond acceptors (Lipinski definition) is 2. The summed E-state index contributed by atoms with van der Waals surface area (Å²) in [6.45, 7) is 6.30. The summed E-state index contributed by atoms with van der Waals surface area (Å²) in [6.07, 6.45) is 2.42. The molecule has 1 aromatic rings. The van der Waals surface area contributed by atoms with E-state index in [1.165, 1.54) is 0 Å². The zero-order valence-electron chi connectivity index (χ0n) is 12.6. The van der Waals surface area contributed by atoms with Crippen molar-refractivity contribution in [2.24, 2.45) is 0 Å². The first-order valence-electron chi connectivity index (χ1n) is 7.29. The summed E-state index contributed by atoms with van der Waals surface area (Å²) in [4.78, 5) is 26.1. The minimum absolute atomic E-state index is 0.0861. The number of hydrogen-bond donors (Lipinski definition) is 0. The Bertz CT molecular complexity index is 493. The summed E-state index contributed by atoms with van der Waals surface area (Å²) in [7, 11) is 0. The highest BCUT2D eigenvalue weighted by Crippen LogP contribution is 2.30. The maximum atomic E-state index is 12.9. The summed E-state index contributed by atoms with van der Waals surface area (Å²) in [6, 6.07) is 9.95. The van der Waals surface area contributed by atoms with Crippen LogP contribution in [-0.4, -0.2) is 29.2 Å². The van der Waals surface area contributed by atoms with Crippen LogP contribution in [0.25, 0.3) is 0 Å². The van der Waals surface area contributed by atoms with Crippen molar-refractivity contribution < 1.29 is 9.59 Å². The quantitative estimate of drug-likeness (QED) is 0.846. The Morgan fingerprint density at radius 3 is 2.50 bits per heavy atom. The van der Waals surface area contributed by atoms with Crippen LogP contribution in [0, 0.1) is 0 Å². The molecule has 1 amide bonds. The van der Waals surface area contributed by atoms with Crippen LogP contribution < -0.4 is 0 Å². The van der Waals surface area contributed by atoms with Crippen molar-refractivity contribution in [1.29, 1.82) is 0 Å². The third-order valence-electron chi connectivity index (χ3n) is 4.19. The van der Waals surface area contributed by atoms with E-state index in [2.05, 4.69) is 0 Å². The lowest BCUT2D eigenvalue weighted by Crippen LogP contribution is -2.46. The second kappa shape index (κ2) is 5.78. The molecule has 0 bridgehead atoms. The number of carbonyl (C=O) groups is 2. The topological polar surface area (TPSA) is 37.4 Å². The Morgan fingerprint density at radius 2 is 1.90 bits per heavy atom. The van der Waals surface area contributed by atoms with Gasteiger partial charge in [0.25, 0.3) is 0 Å². The molecule has 0 spiro atoms. The summed E-state index contributed by atoms with van der Waals surface area (Å²) >= 11 is 0. The van der Waals surface area contributed by atoms with E-state index in [1.807, 2.05) is 49.1 Å². The average Bonchev–Trinajstić information content (AvgIpc) is 2.86. The van der Waals surface area contributed by atoms with Crippen LogP contribution in [0.2, 0.25) is 0 Å². The van der Waals surface area contributed by atoms with Crippen LogP contribution in [0.15, 0.2) is 30.3 Å². The highest BCUT2D eigenvalue weighted by molar-refractivity contribution is 5.88. The molecular formula is C17H23NO2. The molecule has 108 valence electrons. The highest BCUT2D eigenvalue weighted by atomic mass is 16.2. The molecule has 1 aliphatic heterocycles. The summed E-state index contributed by atoms with van der Waals surface area (Å²) in [5.41, 5.74) is 0.485. The average molecular weight is 273 g/mol. The summed E-state index contributed by atoms with van der Waals surface area (Å²) in [5.74, 6) is 0.291. The fourth-order valence-electron chi connectivity index (χ4n) is 2.98. The molecule has 1 fully saturated rings.